The first-order valence-electron chi connectivity index (χ1n) is 8.42. The molecule has 1 aliphatic carbocycles. The first kappa shape index (κ1) is 15.3. The smallest absolute Gasteiger partial charge is 0.322 e. The maximum atomic E-state index is 13.0. The molecule has 0 bridgehead atoms. The van der Waals surface area contributed by atoms with Gasteiger partial charge in [0.15, 0.2) is 11.4 Å². The molecule has 1 saturated carbocycles. The Morgan fingerprint density at radius 1 is 1.14 bits per heavy atom. The van der Waals surface area contributed by atoms with Crippen molar-refractivity contribution in [2.45, 2.75) is 70.8 Å². The number of carbonyl (C=O) groups excluding carboxylic acids is 2. The third-order valence-electron chi connectivity index (χ3n) is 5.26. The Morgan fingerprint density at radius 3 is 2.41 bits per heavy atom. The minimum absolute atomic E-state index is 0.00273. The summed E-state index contributed by atoms with van der Waals surface area (Å²) >= 11 is 0. The van der Waals surface area contributed by atoms with E-state index in [2.05, 4.69) is 26.0 Å². The lowest BCUT2D eigenvalue weighted by atomic mass is 9.81. The van der Waals surface area contributed by atoms with Gasteiger partial charge in [-0.2, -0.15) is 0 Å². The van der Waals surface area contributed by atoms with E-state index in [-0.39, 0.29) is 11.8 Å². The Labute approximate surface area is 132 Å². The maximum Gasteiger partial charge on any atom is 0.322 e. The molecule has 1 spiro atoms. The second-order valence-corrected chi connectivity index (χ2v) is 6.61. The maximum absolute atomic E-state index is 13.0. The Balaban J connectivity index is 2.07. The third kappa shape index (κ3) is 2.18. The summed E-state index contributed by atoms with van der Waals surface area (Å²) in [6.07, 6.45) is 5.12. The van der Waals surface area contributed by atoms with Crippen LogP contribution in [0.5, 0.6) is 0 Å². The summed E-state index contributed by atoms with van der Waals surface area (Å²) in [6, 6.07) is 4.25. The largest absolute Gasteiger partial charge is 0.450 e. The Morgan fingerprint density at radius 2 is 1.82 bits per heavy atom. The van der Waals surface area contributed by atoms with Crippen LogP contribution in [0.15, 0.2) is 12.1 Å². The van der Waals surface area contributed by atoms with E-state index < -0.39 is 11.5 Å². The van der Waals surface area contributed by atoms with Crippen LogP contribution in [0.3, 0.4) is 0 Å². The van der Waals surface area contributed by atoms with Crippen molar-refractivity contribution in [1.29, 1.82) is 0 Å². The SMILES string of the molecule is CCc1cc(C)c(C2C(=O)OC3(CCCC3)C2=O)c(CC)c1. The van der Waals surface area contributed by atoms with Crippen LogP contribution in [0, 0.1) is 6.92 Å². The lowest BCUT2D eigenvalue weighted by Gasteiger charge is -2.20. The van der Waals surface area contributed by atoms with Crippen LogP contribution < -0.4 is 0 Å². The van der Waals surface area contributed by atoms with Crippen molar-refractivity contribution in [3.05, 3.63) is 34.4 Å². The van der Waals surface area contributed by atoms with Gasteiger partial charge < -0.3 is 4.74 Å². The Hall–Kier alpha value is -1.64. The second kappa shape index (κ2) is 5.53. The van der Waals surface area contributed by atoms with E-state index in [0.29, 0.717) is 12.8 Å². The number of hydrogen-bond donors (Lipinski definition) is 0. The van der Waals surface area contributed by atoms with E-state index in [1.807, 2.05) is 6.92 Å². The minimum atomic E-state index is -0.817. The van der Waals surface area contributed by atoms with Gasteiger partial charge in [-0.3, -0.25) is 9.59 Å². The molecule has 3 heteroatoms. The molecule has 118 valence electrons. The fourth-order valence-electron chi connectivity index (χ4n) is 4.08. The quantitative estimate of drug-likeness (QED) is 0.632. The number of benzene rings is 1. The molecule has 1 aliphatic heterocycles. The number of Topliss-reactive ketones (excluding diaryl/α,β-unsaturated/α-hetero) is 1. The van der Waals surface area contributed by atoms with Crippen LogP contribution in [0.25, 0.3) is 0 Å². The molecule has 1 saturated heterocycles. The molecule has 0 amide bonds. The molecule has 1 aromatic rings. The third-order valence-corrected chi connectivity index (χ3v) is 5.26. The molecular formula is C19H24O3. The Kier molecular flexibility index (Phi) is 3.84. The highest BCUT2D eigenvalue weighted by Gasteiger charge is 2.57. The molecule has 0 aromatic heterocycles. The molecule has 0 radical (unpaired) electrons. The van der Waals surface area contributed by atoms with Gasteiger partial charge in [-0.25, -0.2) is 0 Å². The molecule has 3 rings (SSSR count). The summed E-state index contributed by atoms with van der Waals surface area (Å²) in [6.45, 7) is 6.21. The summed E-state index contributed by atoms with van der Waals surface area (Å²) in [5, 5.41) is 0. The van der Waals surface area contributed by atoms with Crippen LogP contribution in [-0.2, 0) is 27.2 Å². The minimum Gasteiger partial charge on any atom is -0.450 e. The molecule has 1 aromatic carbocycles. The summed E-state index contributed by atoms with van der Waals surface area (Å²) in [5.41, 5.74) is 3.50. The van der Waals surface area contributed by atoms with Crippen LogP contribution in [-0.4, -0.2) is 17.4 Å². The molecule has 1 unspecified atom stereocenters. The van der Waals surface area contributed by atoms with Gasteiger partial charge in [0.1, 0.15) is 5.92 Å². The number of aryl methyl sites for hydroxylation is 3. The fraction of sp³-hybridized carbons (Fsp3) is 0.579. The molecule has 0 N–H and O–H groups in total. The normalized spacial score (nSPS) is 23.3. The Bertz CT molecular complexity index is 624. The van der Waals surface area contributed by atoms with E-state index in [4.69, 9.17) is 4.74 Å². The second-order valence-electron chi connectivity index (χ2n) is 6.61. The van der Waals surface area contributed by atoms with E-state index >= 15 is 0 Å². The summed E-state index contributed by atoms with van der Waals surface area (Å²) < 4.78 is 5.61. The number of esters is 1. The van der Waals surface area contributed by atoms with Crippen LogP contribution in [0.2, 0.25) is 0 Å². The van der Waals surface area contributed by atoms with E-state index in [0.717, 1.165) is 42.4 Å². The first-order chi connectivity index (χ1) is 10.5. The lowest BCUT2D eigenvalue weighted by molar-refractivity contribution is -0.151. The van der Waals surface area contributed by atoms with Gasteiger partial charge in [-0.15, -0.1) is 0 Å². The highest BCUT2D eigenvalue weighted by molar-refractivity contribution is 6.14. The van der Waals surface area contributed by atoms with E-state index in [1.54, 1.807) is 0 Å². The van der Waals surface area contributed by atoms with Gasteiger partial charge in [0.05, 0.1) is 0 Å². The number of ketones is 1. The van der Waals surface area contributed by atoms with Gasteiger partial charge in [-0.05, 0) is 67.7 Å². The zero-order valence-corrected chi connectivity index (χ0v) is 13.7. The van der Waals surface area contributed by atoms with E-state index in [9.17, 15) is 9.59 Å². The van der Waals surface area contributed by atoms with E-state index in [1.165, 1.54) is 5.56 Å². The average Bonchev–Trinajstić information content (AvgIpc) is 3.06. The lowest BCUT2D eigenvalue weighted by Crippen LogP contribution is -2.33. The van der Waals surface area contributed by atoms with Crippen molar-refractivity contribution >= 4 is 11.8 Å². The van der Waals surface area contributed by atoms with Crippen LogP contribution in [0.1, 0.15) is 67.7 Å². The van der Waals surface area contributed by atoms with Crippen molar-refractivity contribution in [2.24, 2.45) is 0 Å². The standard InChI is InChI=1S/C19H24O3/c1-4-13-10-12(3)15(14(5-2)11-13)16-17(20)19(22-18(16)21)8-6-7-9-19/h10-11,16H,4-9H2,1-3H3. The molecule has 22 heavy (non-hydrogen) atoms. The van der Waals surface area contributed by atoms with Gasteiger partial charge in [-0.1, -0.05) is 26.0 Å². The number of ether oxygens (including phenoxy) is 1. The van der Waals surface area contributed by atoms with Gasteiger partial charge >= 0.3 is 5.97 Å². The van der Waals surface area contributed by atoms with Crippen molar-refractivity contribution in [2.75, 3.05) is 0 Å². The predicted molar refractivity (Wildman–Crippen MR) is 85.0 cm³/mol. The van der Waals surface area contributed by atoms with Gasteiger partial charge in [0.2, 0.25) is 0 Å². The number of rotatable bonds is 3. The topological polar surface area (TPSA) is 43.4 Å². The highest BCUT2D eigenvalue weighted by Crippen LogP contribution is 2.45. The number of carbonyl (C=O) groups is 2. The van der Waals surface area contributed by atoms with Crippen molar-refractivity contribution < 1.29 is 14.3 Å². The van der Waals surface area contributed by atoms with Gasteiger partial charge in [0.25, 0.3) is 0 Å². The number of hydrogen-bond acceptors (Lipinski definition) is 3. The summed E-state index contributed by atoms with van der Waals surface area (Å²) in [4.78, 5) is 25.4. The van der Waals surface area contributed by atoms with Crippen molar-refractivity contribution in [1.82, 2.24) is 0 Å². The monoisotopic (exact) mass is 300 g/mol. The zero-order valence-electron chi connectivity index (χ0n) is 13.7. The van der Waals surface area contributed by atoms with Crippen LogP contribution in [0.4, 0.5) is 0 Å². The molecule has 3 nitrogen and oxygen atoms in total. The fourth-order valence-corrected chi connectivity index (χ4v) is 4.08. The molecule has 2 fully saturated rings. The molecule has 2 aliphatic rings. The van der Waals surface area contributed by atoms with Crippen molar-refractivity contribution in [3.63, 3.8) is 0 Å². The average molecular weight is 300 g/mol. The van der Waals surface area contributed by atoms with Gasteiger partial charge in [0, 0.05) is 0 Å². The van der Waals surface area contributed by atoms with Crippen molar-refractivity contribution in [3.8, 4) is 0 Å². The highest BCUT2D eigenvalue weighted by atomic mass is 16.6. The molecule has 1 atom stereocenters. The molecule has 1 heterocycles. The zero-order chi connectivity index (χ0) is 15.9. The summed E-state index contributed by atoms with van der Waals surface area (Å²) in [7, 11) is 0. The van der Waals surface area contributed by atoms with Crippen LogP contribution >= 0.6 is 0 Å². The predicted octanol–water partition coefficient (Wildman–Crippen LogP) is 3.64. The molecular weight excluding hydrogens is 276 g/mol. The first-order valence-corrected chi connectivity index (χ1v) is 8.42. The summed E-state index contributed by atoms with van der Waals surface area (Å²) in [5.74, 6) is -1.05.